The molecule has 1 N–H and O–H groups in total. The van der Waals surface area contributed by atoms with Crippen molar-refractivity contribution in [3.63, 3.8) is 0 Å². The highest BCUT2D eigenvalue weighted by molar-refractivity contribution is 6.32. The van der Waals surface area contributed by atoms with Gasteiger partial charge < -0.3 is 19.7 Å². The molecule has 1 aromatic heterocycles. The van der Waals surface area contributed by atoms with Gasteiger partial charge in [-0.25, -0.2) is 9.18 Å². The third-order valence-electron chi connectivity index (χ3n) is 5.19. The van der Waals surface area contributed by atoms with Gasteiger partial charge in [-0.1, -0.05) is 11.6 Å². The number of alkyl carbamates (subject to hydrolysis) is 1. The lowest BCUT2D eigenvalue weighted by molar-refractivity contribution is 0.0479. The number of ether oxygens (including phenoxy) is 2. The summed E-state index contributed by atoms with van der Waals surface area (Å²) in [5.41, 5.74) is 0.998. The van der Waals surface area contributed by atoms with Gasteiger partial charge in [0, 0.05) is 31.9 Å². The highest BCUT2D eigenvalue weighted by atomic mass is 35.5. The Kier molecular flexibility index (Phi) is 7.03. The summed E-state index contributed by atoms with van der Waals surface area (Å²) < 4.78 is 24.8. The lowest BCUT2D eigenvalue weighted by Gasteiger charge is -2.33. The van der Waals surface area contributed by atoms with E-state index in [1.54, 1.807) is 12.3 Å². The third-order valence-corrected chi connectivity index (χ3v) is 5.51. The number of likely N-dealkylation sites (tertiary alicyclic amines) is 1. The lowest BCUT2D eigenvalue weighted by atomic mass is 10.0. The molecule has 1 aliphatic rings. The second-order valence-corrected chi connectivity index (χ2v) is 8.98. The van der Waals surface area contributed by atoms with E-state index in [9.17, 15) is 9.18 Å². The Balaban J connectivity index is 1.61. The highest BCUT2D eigenvalue weighted by Crippen LogP contribution is 2.34. The summed E-state index contributed by atoms with van der Waals surface area (Å²) in [6, 6.07) is 3.10. The first-order valence-corrected chi connectivity index (χ1v) is 10.6. The minimum absolute atomic E-state index is 0.107. The Hall–Kier alpha value is -2.12. The van der Waals surface area contributed by atoms with Crippen LogP contribution in [0.4, 0.5) is 9.18 Å². The maximum atomic E-state index is 14.2. The van der Waals surface area contributed by atoms with Crippen LogP contribution < -0.4 is 10.1 Å². The number of carbonyl (C=O) groups excluding carboxylic acids is 1. The molecule has 164 valence electrons. The van der Waals surface area contributed by atoms with Crippen molar-refractivity contribution in [1.29, 1.82) is 0 Å². The summed E-state index contributed by atoms with van der Waals surface area (Å²) >= 11 is 6.41. The van der Waals surface area contributed by atoms with Gasteiger partial charge in [-0.2, -0.15) is 0 Å². The third kappa shape index (κ3) is 5.52. The fourth-order valence-electron chi connectivity index (χ4n) is 3.76. The number of fused-ring (bicyclic) bond motifs is 1. The summed E-state index contributed by atoms with van der Waals surface area (Å²) in [4.78, 5) is 18.6. The number of rotatable bonds is 5. The molecular formula is C22H29ClFN3O3. The van der Waals surface area contributed by atoms with Gasteiger partial charge in [-0.3, -0.25) is 4.98 Å². The molecule has 1 aliphatic heterocycles. The van der Waals surface area contributed by atoms with Gasteiger partial charge in [-0.05, 0) is 57.7 Å². The van der Waals surface area contributed by atoms with E-state index in [1.807, 2.05) is 20.8 Å². The van der Waals surface area contributed by atoms with Gasteiger partial charge in [0.05, 0.1) is 23.0 Å². The number of nitrogens with zero attached hydrogens (tertiary/aromatic N) is 2. The normalized spacial score (nSPS) is 15.9. The van der Waals surface area contributed by atoms with E-state index in [4.69, 9.17) is 21.1 Å². The van der Waals surface area contributed by atoms with Crippen LogP contribution >= 0.6 is 11.6 Å². The molecule has 6 nitrogen and oxygen atoms in total. The van der Waals surface area contributed by atoms with E-state index in [0.717, 1.165) is 38.0 Å². The lowest BCUT2D eigenvalue weighted by Crippen LogP contribution is -2.46. The van der Waals surface area contributed by atoms with E-state index in [1.165, 1.54) is 13.2 Å². The summed E-state index contributed by atoms with van der Waals surface area (Å²) in [5, 5.41) is 4.09. The predicted molar refractivity (Wildman–Crippen MR) is 116 cm³/mol. The smallest absolute Gasteiger partial charge is 0.407 e. The average molecular weight is 438 g/mol. The standard InChI is InChI=1S/C22H29ClFN3O3/c1-22(2,3)30-21(28)26-14-7-10-27(11-8-14)12-9-15-16(23)13-25-18-6-5-17(24)20(29-4)19(15)18/h5-6,13-14H,7-12H2,1-4H3,(H,26,28). The van der Waals surface area contributed by atoms with E-state index in [-0.39, 0.29) is 17.9 Å². The van der Waals surface area contributed by atoms with Crippen LogP contribution in [0.5, 0.6) is 5.75 Å². The Morgan fingerprint density at radius 1 is 1.33 bits per heavy atom. The molecule has 0 saturated carbocycles. The molecule has 0 unspecified atom stereocenters. The van der Waals surface area contributed by atoms with Crippen LogP contribution in [0.1, 0.15) is 39.2 Å². The zero-order valence-electron chi connectivity index (χ0n) is 17.9. The number of halogens is 2. The van der Waals surface area contributed by atoms with Crippen molar-refractivity contribution in [3.8, 4) is 5.75 Å². The van der Waals surface area contributed by atoms with Gasteiger partial charge >= 0.3 is 6.09 Å². The molecule has 8 heteroatoms. The maximum Gasteiger partial charge on any atom is 0.407 e. The van der Waals surface area contributed by atoms with Crippen molar-refractivity contribution < 1.29 is 18.7 Å². The van der Waals surface area contributed by atoms with Gasteiger partial charge in [0.1, 0.15) is 5.60 Å². The maximum absolute atomic E-state index is 14.2. The molecule has 0 bridgehead atoms. The molecule has 1 aromatic carbocycles. The van der Waals surface area contributed by atoms with Gasteiger partial charge in [0.15, 0.2) is 11.6 Å². The fraction of sp³-hybridized carbons (Fsp3) is 0.545. The second-order valence-electron chi connectivity index (χ2n) is 8.57. The molecule has 0 radical (unpaired) electrons. The van der Waals surface area contributed by atoms with Crippen molar-refractivity contribution >= 4 is 28.6 Å². The van der Waals surface area contributed by atoms with Crippen LogP contribution in [0.2, 0.25) is 5.02 Å². The van der Waals surface area contributed by atoms with E-state index in [0.29, 0.717) is 22.3 Å². The monoisotopic (exact) mass is 437 g/mol. The number of piperidine rings is 1. The molecule has 1 amide bonds. The number of amides is 1. The molecular weight excluding hydrogens is 409 g/mol. The number of benzene rings is 1. The molecule has 1 fully saturated rings. The average Bonchev–Trinajstić information content (AvgIpc) is 2.67. The number of carbonyl (C=O) groups is 1. The van der Waals surface area contributed by atoms with Crippen molar-refractivity contribution in [3.05, 3.63) is 34.7 Å². The number of hydrogen-bond donors (Lipinski definition) is 1. The topological polar surface area (TPSA) is 63.7 Å². The molecule has 0 spiro atoms. The number of aromatic nitrogens is 1. The number of hydrogen-bond acceptors (Lipinski definition) is 5. The first-order chi connectivity index (χ1) is 14.2. The SMILES string of the molecule is COc1c(F)ccc2ncc(Cl)c(CCN3CCC(NC(=O)OC(C)(C)C)CC3)c12. The summed E-state index contributed by atoms with van der Waals surface area (Å²) in [6.45, 7) is 8.04. The zero-order chi connectivity index (χ0) is 21.9. The second kappa shape index (κ2) is 9.35. The zero-order valence-corrected chi connectivity index (χ0v) is 18.7. The Labute approximate surface area is 181 Å². The van der Waals surface area contributed by atoms with Crippen LogP contribution in [-0.4, -0.2) is 54.4 Å². The molecule has 0 aliphatic carbocycles. The van der Waals surface area contributed by atoms with Crippen LogP contribution in [-0.2, 0) is 11.2 Å². The molecule has 30 heavy (non-hydrogen) atoms. The molecule has 2 heterocycles. The Morgan fingerprint density at radius 3 is 2.67 bits per heavy atom. The first-order valence-electron chi connectivity index (χ1n) is 10.2. The Bertz CT molecular complexity index is 903. The summed E-state index contributed by atoms with van der Waals surface area (Å²) in [5.74, 6) is -0.248. The fourth-order valence-corrected chi connectivity index (χ4v) is 4.00. The number of pyridine rings is 1. The minimum Gasteiger partial charge on any atom is -0.493 e. The van der Waals surface area contributed by atoms with E-state index in [2.05, 4.69) is 15.2 Å². The quantitative estimate of drug-likeness (QED) is 0.742. The number of methoxy groups -OCH3 is 1. The minimum atomic E-state index is -0.502. The molecule has 0 atom stereocenters. The molecule has 3 rings (SSSR count). The van der Waals surface area contributed by atoms with Crippen molar-refractivity contribution in [1.82, 2.24) is 15.2 Å². The van der Waals surface area contributed by atoms with Crippen LogP contribution in [0.25, 0.3) is 10.9 Å². The van der Waals surface area contributed by atoms with Crippen LogP contribution in [0.3, 0.4) is 0 Å². The number of nitrogens with one attached hydrogen (secondary N) is 1. The van der Waals surface area contributed by atoms with Crippen LogP contribution in [0, 0.1) is 5.82 Å². The van der Waals surface area contributed by atoms with Crippen molar-refractivity contribution in [2.75, 3.05) is 26.7 Å². The van der Waals surface area contributed by atoms with Crippen LogP contribution in [0.15, 0.2) is 18.3 Å². The Morgan fingerprint density at radius 2 is 2.03 bits per heavy atom. The first kappa shape index (κ1) is 22.6. The highest BCUT2D eigenvalue weighted by Gasteiger charge is 2.24. The van der Waals surface area contributed by atoms with Gasteiger partial charge in [0.2, 0.25) is 0 Å². The molecule has 1 saturated heterocycles. The van der Waals surface area contributed by atoms with Crippen molar-refractivity contribution in [2.45, 2.75) is 51.7 Å². The summed E-state index contributed by atoms with van der Waals surface area (Å²) in [7, 11) is 1.45. The van der Waals surface area contributed by atoms with E-state index >= 15 is 0 Å². The summed E-state index contributed by atoms with van der Waals surface area (Å²) in [6.07, 6.45) is 3.59. The van der Waals surface area contributed by atoms with Gasteiger partial charge in [-0.15, -0.1) is 0 Å². The van der Waals surface area contributed by atoms with Crippen molar-refractivity contribution in [2.24, 2.45) is 0 Å². The largest absolute Gasteiger partial charge is 0.493 e. The van der Waals surface area contributed by atoms with E-state index < -0.39 is 11.4 Å². The van der Waals surface area contributed by atoms with Gasteiger partial charge in [0.25, 0.3) is 0 Å². The molecule has 2 aromatic rings. The predicted octanol–water partition coefficient (Wildman–Crippen LogP) is 4.57.